The molecule has 0 spiro atoms. The molecule has 20 heavy (non-hydrogen) atoms. The van der Waals surface area contributed by atoms with Crippen molar-refractivity contribution in [3.8, 4) is 0 Å². The first-order valence-corrected chi connectivity index (χ1v) is 7.89. The molecule has 0 aliphatic carbocycles. The van der Waals surface area contributed by atoms with Crippen LogP contribution in [-0.2, 0) is 13.1 Å². The van der Waals surface area contributed by atoms with E-state index in [1.807, 2.05) is 18.2 Å². The van der Waals surface area contributed by atoms with E-state index in [1.54, 1.807) is 21.9 Å². The Morgan fingerprint density at radius 1 is 1.40 bits per heavy atom. The summed E-state index contributed by atoms with van der Waals surface area (Å²) in [5, 5.41) is 9.66. The third-order valence-corrected chi connectivity index (χ3v) is 4.61. The Morgan fingerprint density at radius 3 is 3.05 bits per heavy atom. The molecule has 3 aromatic rings. The highest BCUT2D eigenvalue weighted by molar-refractivity contribution is 9.10. The van der Waals surface area contributed by atoms with Crippen molar-refractivity contribution in [3.63, 3.8) is 0 Å². The highest BCUT2D eigenvalue weighted by Gasteiger charge is 2.05. The lowest BCUT2D eigenvalue weighted by Gasteiger charge is -2.02. The second-order valence-electron chi connectivity index (χ2n) is 4.34. The summed E-state index contributed by atoms with van der Waals surface area (Å²) >= 11 is 5.14. The SMILES string of the molecule is O=c1n(CCNCc2cc(Br)cs2)nc2ccccn12. The number of pyridine rings is 1. The van der Waals surface area contributed by atoms with Crippen LogP contribution in [0.25, 0.3) is 5.65 Å². The third kappa shape index (κ3) is 2.84. The van der Waals surface area contributed by atoms with E-state index < -0.39 is 0 Å². The molecule has 5 nitrogen and oxygen atoms in total. The molecule has 0 amide bonds. The minimum absolute atomic E-state index is 0.0960. The Hall–Kier alpha value is -1.44. The molecule has 0 atom stereocenters. The fourth-order valence-electron chi connectivity index (χ4n) is 1.96. The molecule has 0 radical (unpaired) electrons. The van der Waals surface area contributed by atoms with Crippen LogP contribution >= 0.6 is 27.3 Å². The summed E-state index contributed by atoms with van der Waals surface area (Å²) in [5.74, 6) is 0. The number of halogens is 1. The van der Waals surface area contributed by atoms with Crippen molar-refractivity contribution in [2.45, 2.75) is 13.1 Å². The zero-order chi connectivity index (χ0) is 13.9. The summed E-state index contributed by atoms with van der Waals surface area (Å²) in [6.45, 7) is 2.07. The monoisotopic (exact) mass is 352 g/mol. The van der Waals surface area contributed by atoms with Crippen LogP contribution in [0.1, 0.15) is 4.88 Å². The molecule has 1 N–H and O–H groups in total. The third-order valence-electron chi connectivity index (χ3n) is 2.91. The van der Waals surface area contributed by atoms with E-state index in [9.17, 15) is 4.79 Å². The predicted octanol–water partition coefficient (Wildman–Crippen LogP) is 2.11. The van der Waals surface area contributed by atoms with Gasteiger partial charge >= 0.3 is 5.69 Å². The number of aromatic nitrogens is 3. The van der Waals surface area contributed by atoms with E-state index in [-0.39, 0.29) is 5.69 Å². The first-order valence-electron chi connectivity index (χ1n) is 6.22. The van der Waals surface area contributed by atoms with Gasteiger partial charge in [0.05, 0.1) is 6.54 Å². The van der Waals surface area contributed by atoms with E-state index in [4.69, 9.17) is 0 Å². The average molecular weight is 353 g/mol. The first-order chi connectivity index (χ1) is 9.74. The lowest BCUT2D eigenvalue weighted by atomic mass is 10.4. The number of fused-ring (bicyclic) bond motifs is 1. The molecular weight excluding hydrogens is 340 g/mol. The number of hydrogen-bond acceptors (Lipinski definition) is 4. The fraction of sp³-hybridized carbons (Fsp3) is 0.231. The molecule has 3 heterocycles. The van der Waals surface area contributed by atoms with Crippen molar-refractivity contribution in [2.24, 2.45) is 0 Å². The number of rotatable bonds is 5. The Morgan fingerprint density at radius 2 is 2.30 bits per heavy atom. The zero-order valence-electron chi connectivity index (χ0n) is 10.6. The topological polar surface area (TPSA) is 51.3 Å². The number of hydrogen-bond donors (Lipinski definition) is 1. The van der Waals surface area contributed by atoms with Crippen molar-refractivity contribution in [1.82, 2.24) is 19.5 Å². The Bertz CT molecular complexity index is 776. The summed E-state index contributed by atoms with van der Waals surface area (Å²) in [4.78, 5) is 13.3. The second-order valence-corrected chi connectivity index (χ2v) is 6.25. The summed E-state index contributed by atoms with van der Waals surface area (Å²) < 4.78 is 4.15. The maximum absolute atomic E-state index is 12.0. The molecule has 0 bridgehead atoms. The Balaban J connectivity index is 1.60. The van der Waals surface area contributed by atoms with Gasteiger partial charge in [-0.05, 0) is 34.1 Å². The van der Waals surface area contributed by atoms with Gasteiger partial charge in [0, 0.05) is 34.0 Å². The number of nitrogens with zero attached hydrogens (tertiary/aromatic N) is 3. The number of thiophene rings is 1. The van der Waals surface area contributed by atoms with Crippen molar-refractivity contribution in [2.75, 3.05) is 6.54 Å². The molecule has 0 saturated heterocycles. The molecule has 3 aromatic heterocycles. The van der Waals surface area contributed by atoms with E-state index in [1.165, 1.54) is 9.56 Å². The van der Waals surface area contributed by atoms with E-state index in [0.717, 1.165) is 11.0 Å². The standard InChI is InChI=1S/C13H13BrN4OS/c14-10-7-11(20-9-10)8-15-4-6-18-13(19)17-5-2-1-3-12(17)16-18/h1-3,5,7,9,15H,4,6,8H2. The van der Waals surface area contributed by atoms with Gasteiger partial charge in [-0.2, -0.15) is 0 Å². The molecule has 0 aliphatic rings. The second kappa shape index (κ2) is 5.90. The molecule has 104 valence electrons. The van der Waals surface area contributed by atoms with Gasteiger partial charge in [0.25, 0.3) is 0 Å². The van der Waals surface area contributed by atoms with Crippen LogP contribution in [0.4, 0.5) is 0 Å². The van der Waals surface area contributed by atoms with Crippen molar-refractivity contribution < 1.29 is 0 Å². The van der Waals surface area contributed by atoms with Crippen molar-refractivity contribution >= 4 is 32.9 Å². The van der Waals surface area contributed by atoms with Crippen LogP contribution in [0.5, 0.6) is 0 Å². The summed E-state index contributed by atoms with van der Waals surface area (Å²) in [7, 11) is 0. The van der Waals surface area contributed by atoms with Crippen LogP contribution < -0.4 is 11.0 Å². The van der Waals surface area contributed by atoms with Crippen LogP contribution in [0.2, 0.25) is 0 Å². The largest absolute Gasteiger partial charge is 0.350 e. The van der Waals surface area contributed by atoms with Gasteiger partial charge in [-0.25, -0.2) is 9.48 Å². The minimum atomic E-state index is -0.0960. The molecular formula is C13H13BrN4OS. The zero-order valence-corrected chi connectivity index (χ0v) is 13.0. The van der Waals surface area contributed by atoms with Gasteiger partial charge in [0.15, 0.2) is 5.65 Å². The van der Waals surface area contributed by atoms with Gasteiger partial charge < -0.3 is 5.32 Å². The lowest BCUT2D eigenvalue weighted by molar-refractivity contribution is 0.543. The summed E-state index contributed by atoms with van der Waals surface area (Å²) in [6, 6.07) is 7.62. The van der Waals surface area contributed by atoms with Gasteiger partial charge in [-0.3, -0.25) is 4.40 Å². The fourth-order valence-corrected chi connectivity index (χ4v) is 3.38. The summed E-state index contributed by atoms with van der Waals surface area (Å²) in [5.41, 5.74) is 0.584. The molecule has 0 aliphatic heterocycles. The molecule has 0 saturated carbocycles. The van der Waals surface area contributed by atoms with E-state index in [2.05, 4.69) is 37.8 Å². The average Bonchev–Trinajstić information content (AvgIpc) is 3.00. The maximum atomic E-state index is 12.0. The molecule has 0 aromatic carbocycles. The minimum Gasteiger partial charge on any atom is -0.310 e. The van der Waals surface area contributed by atoms with Crippen molar-refractivity contribution in [1.29, 1.82) is 0 Å². The molecule has 0 fully saturated rings. The van der Waals surface area contributed by atoms with Crippen LogP contribution in [0.15, 0.2) is 45.1 Å². The van der Waals surface area contributed by atoms with E-state index >= 15 is 0 Å². The van der Waals surface area contributed by atoms with Gasteiger partial charge in [0.1, 0.15) is 0 Å². The molecule has 0 unspecified atom stereocenters. The Labute approximate surface area is 128 Å². The van der Waals surface area contributed by atoms with Crippen LogP contribution in [0.3, 0.4) is 0 Å². The highest BCUT2D eigenvalue weighted by Crippen LogP contribution is 2.19. The molecule has 3 rings (SSSR count). The normalized spacial score (nSPS) is 11.2. The van der Waals surface area contributed by atoms with Crippen LogP contribution in [-0.4, -0.2) is 20.7 Å². The first kappa shape index (κ1) is 13.5. The van der Waals surface area contributed by atoms with Gasteiger partial charge in [-0.15, -0.1) is 16.4 Å². The van der Waals surface area contributed by atoms with Gasteiger partial charge in [-0.1, -0.05) is 6.07 Å². The number of nitrogens with one attached hydrogen (secondary N) is 1. The lowest BCUT2D eigenvalue weighted by Crippen LogP contribution is -2.27. The van der Waals surface area contributed by atoms with Crippen molar-refractivity contribution in [3.05, 3.63) is 55.7 Å². The van der Waals surface area contributed by atoms with E-state index in [0.29, 0.717) is 18.7 Å². The highest BCUT2D eigenvalue weighted by atomic mass is 79.9. The van der Waals surface area contributed by atoms with Gasteiger partial charge in [0.2, 0.25) is 0 Å². The summed E-state index contributed by atoms with van der Waals surface area (Å²) in [6.07, 6.45) is 1.73. The Kier molecular flexibility index (Phi) is 4.00. The smallest absolute Gasteiger partial charge is 0.310 e. The predicted molar refractivity (Wildman–Crippen MR) is 83.2 cm³/mol. The maximum Gasteiger partial charge on any atom is 0.350 e. The molecule has 7 heteroatoms. The van der Waals surface area contributed by atoms with Crippen LogP contribution in [0, 0.1) is 0 Å². The quantitative estimate of drug-likeness (QED) is 0.715.